The van der Waals surface area contributed by atoms with Gasteiger partial charge in [-0.25, -0.2) is 0 Å². The summed E-state index contributed by atoms with van der Waals surface area (Å²) in [5, 5.41) is 4.98. The zero-order chi connectivity index (χ0) is 25.3. The van der Waals surface area contributed by atoms with Crippen molar-refractivity contribution in [3.63, 3.8) is 0 Å². The van der Waals surface area contributed by atoms with E-state index < -0.39 is 0 Å². The van der Waals surface area contributed by atoms with E-state index in [0.29, 0.717) is 0 Å². The molecule has 0 radical (unpaired) electrons. The van der Waals surface area contributed by atoms with Crippen LogP contribution in [0.15, 0.2) is 146 Å². The molecule has 0 amide bonds. The Hall–Kier alpha value is -5.08. The van der Waals surface area contributed by atoms with Crippen molar-refractivity contribution in [3.8, 4) is 44.8 Å². The summed E-state index contributed by atoms with van der Waals surface area (Å²) in [6.07, 6.45) is 3.69. The maximum Gasteiger partial charge on any atom is 0.0702 e. The zero-order valence-electron chi connectivity index (χ0n) is 20.8. The molecule has 7 aromatic rings. The number of fused-ring (bicyclic) bond motifs is 2. The van der Waals surface area contributed by atoms with E-state index in [2.05, 4.69) is 113 Å². The maximum absolute atomic E-state index is 4.59. The fraction of sp³-hybridized carbons (Fsp3) is 0. The second-order valence-electron chi connectivity index (χ2n) is 9.43. The minimum absolute atomic E-state index is 0.979. The third-order valence-electron chi connectivity index (χ3n) is 7.18. The van der Waals surface area contributed by atoms with E-state index in [-0.39, 0.29) is 0 Å². The van der Waals surface area contributed by atoms with Gasteiger partial charge in [0.2, 0.25) is 0 Å². The van der Waals surface area contributed by atoms with Gasteiger partial charge in [-0.3, -0.25) is 9.97 Å². The third-order valence-corrected chi connectivity index (χ3v) is 7.18. The molecule has 0 N–H and O–H groups in total. The summed E-state index contributed by atoms with van der Waals surface area (Å²) in [6, 6.07) is 47.1. The van der Waals surface area contributed by atoms with Crippen molar-refractivity contribution in [2.45, 2.75) is 0 Å². The Kier molecular flexibility index (Phi) is 5.49. The van der Waals surface area contributed by atoms with Crippen LogP contribution in [0.3, 0.4) is 0 Å². The zero-order valence-corrected chi connectivity index (χ0v) is 20.8. The lowest BCUT2D eigenvalue weighted by Crippen LogP contribution is -1.91. The van der Waals surface area contributed by atoms with Crippen LogP contribution in [0.1, 0.15) is 0 Å². The van der Waals surface area contributed by atoms with Crippen molar-refractivity contribution in [1.29, 1.82) is 0 Å². The lowest BCUT2D eigenvalue weighted by Gasteiger charge is -2.18. The molecule has 5 aromatic carbocycles. The molecule has 0 unspecified atom stereocenters. The van der Waals surface area contributed by atoms with E-state index in [1.165, 1.54) is 43.8 Å². The summed E-state index contributed by atoms with van der Waals surface area (Å²) in [5.41, 5.74) is 9.10. The number of benzene rings is 5. The van der Waals surface area contributed by atoms with Crippen LogP contribution in [0.5, 0.6) is 0 Å². The molecule has 0 fully saturated rings. The molecule has 0 atom stereocenters. The summed E-state index contributed by atoms with van der Waals surface area (Å²) in [4.78, 5) is 9.11. The molecule has 7 rings (SSSR count). The lowest BCUT2D eigenvalue weighted by molar-refractivity contribution is 1.33. The highest BCUT2D eigenvalue weighted by Crippen LogP contribution is 2.44. The van der Waals surface area contributed by atoms with Gasteiger partial charge in [-0.1, -0.05) is 103 Å². The van der Waals surface area contributed by atoms with Crippen LogP contribution >= 0.6 is 0 Å². The van der Waals surface area contributed by atoms with Crippen LogP contribution in [0.25, 0.3) is 66.3 Å². The number of hydrogen-bond donors (Lipinski definition) is 0. The van der Waals surface area contributed by atoms with E-state index in [0.717, 1.165) is 22.5 Å². The predicted molar refractivity (Wildman–Crippen MR) is 159 cm³/mol. The standard InChI is InChI=1S/C36H24N2/c1-3-14-31-29(12-1)35(26-20-18-25(19-21-26)33-16-5-7-22-37-33)30-13-2-4-15-32(30)36(31)28-11-9-10-27(24-28)34-17-6-8-23-38-34/h1-24H. The smallest absolute Gasteiger partial charge is 0.0702 e. The molecular weight excluding hydrogens is 460 g/mol. The first-order valence-corrected chi connectivity index (χ1v) is 12.8. The predicted octanol–water partition coefficient (Wildman–Crippen LogP) is 9.45. The highest BCUT2D eigenvalue weighted by atomic mass is 14.7. The quantitative estimate of drug-likeness (QED) is 0.233. The maximum atomic E-state index is 4.59. The van der Waals surface area contributed by atoms with Crippen molar-refractivity contribution < 1.29 is 0 Å². The molecule has 2 heterocycles. The summed E-state index contributed by atoms with van der Waals surface area (Å²) in [7, 11) is 0. The molecule has 0 spiro atoms. The number of rotatable bonds is 4. The molecule has 0 bridgehead atoms. The minimum Gasteiger partial charge on any atom is -0.256 e. The Bertz CT molecular complexity index is 1830. The van der Waals surface area contributed by atoms with E-state index in [1.807, 2.05) is 42.7 Å². The first-order chi connectivity index (χ1) is 18.9. The Morgan fingerprint density at radius 3 is 1.29 bits per heavy atom. The topological polar surface area (TPSA) is 25.8 Å². The van der Waals surface area contributed by atoms with E-state index in [1.54, 1.807) is 0 Å². The Morgan fingerprint density at radius 2 is 0.763 bits per heavy atom. The van der Waals surface area contributed by atoms with Crippen molar-refractivity contribution in [1.82, 2.24) is 9.97 Å². The number of hydrogen-bond acceptors (Lipinski definition) is 2. The van der Waals surface area contributed by atoms with Gasteiger partial charge in [-0.15, -0.1) is 0 Å². The van der Waals surface area contributed by atoms with Crippen LogP contribution < -0.4 is 0 Å². The number of aromatic nitrogens is 2. The Balaban J connectivity index is 1.47. The van der Waals surface area contributed by atoms with Crippen molar-refractivity contribution in [2.75, 3.05) is 0 Å². The first kappa shape index (κ1) is 22.1. The van der Waals surface area contributed by atoms with Gasteiger partial charge < -0.3 is 0 Å². The summed E-state index contributed by atoms with van der Waals surface area (Å²) in [6.45, 7) is 0. The van der Waals surface area contributed by atoms with E-state index in [9.17, 15) is 0 Å². The average Bonchev–Trinajstić information content (AvgIpc) is 3.01. The van der Waals surface area contributed by atoms with Crippen LogP contribution in [0, 0.1) is 0 Å². The molecular formula is C36H24N2. The molecule has 0 saturated heterocycles. The van der Waals surface area contributed by atoms with Gasteiger partial charge in [0, 0.05) is 23.5 Å². The SMILES string of the molecule is c1ccc(-c2ccc(-c3c4ccccc4c(-c4cccc(-c5ccccn5)c4)c4ccccc34)cc2)nc1. The monoisotopic (exact) mass is 484 g/mol. The summed E-state index contributed by atoms with van der Waals surface area (Å²) in [5.74, 6) is 0. The van der Waals surface area contributed by atoms with Gasteiger partial charge in [0.05, 0.1) is 11.4 Å². The molecule has 2 aromatic heterocycles. The van der Waals surface area contributed by atoms with Crippen molar-refractivity contribution in [3.05, 3.63) is 146 Å². The summed E-state index contributed by atoms with van der Waals surface area (Å²) >= 11 is 0. The van der Waals surface area contributed by atoms with Crippen molar-refractivity contribution >= 4 is 21.5 Å². The first-order valence-electron chi connectivity index (χ1n) is 12.8. The van der Waals surface area contributed by atoms with E-state index in [4.69, 9.17) is 0 Å². The van der Waals surface area contributed by atoms with Gasteiger partial charge in [-0.2, -0.15) is 0 Å². The van der Waals surface area contributed by atoms with Crippen molar-refractivity contribution in [2.24, 2.45) is 0 Å². The molecule has 2 nitrogen and oxygen atoms in total. The number of pyridine rings is 2. The Morgan fingerprint density at radius 1 is 0.316 bits per heavy atom. The normalized spacial score (nSPS) is 11.2. The van der Waals surface area contributed by atoms with Gasteiger partial charge in [0.15, 0.2) is 0 Å². The highest BCUT2D eigenvalue weighted by Gasteiger charge is 2.17. The highest BCUT2D eigenvalue weighted by molar-refractivity contribution is 6.21. The molecule has 2 heteroatoms. The largest absolute Gasteiger partial charge is 0.256 e. The van der Waals surface area contributed by atoms with Gasteiger partial charge >= 0.3 is 0 Å². The van der Waals surface area contributed by atoms with Crippen LogP contribution in [-0.4, -0.2) is 9.97 Å². The van der Waals surface area contributed by atoms with Crippen LogP contribution in [0.4, 0.5) is 0 Å². The van der Waals surface area contributed by atoms with Crippen LogP contribution in [-0.2, 0) is 0 Å². The molecule has 0 aliphatic carbocycles. The fourth-order valence-electron chi connectivity index (χ4n) is 5.46. The molecule has 0 saturated carbocycles. The summed E-state index contributed by atoms with van der Waals surface area (Å²) < 4.78 is 0. The lowest BCUT2D eigenvalue weighted by atomic mass is 9.85. The average molecular weight is 485 g/mol. The molecule has 38 heavy (non-hydrogen) atoms. The second kappa shape index (κ2) is 9.42. The Labute approximate surface area is 221 Å². The molecule has 178 valence electrons. The number of nitrogens with zero attached hydrogens (tertiary/aromatic N) is 2. The second-order valence-corrected chi connectivity index (χ2v) is 9.43. The fourth-order valence-corrected chi connectivity index (χ4v) is 5.46. The van der Waals surface area contributed by atoms with Gasteiger partial charge in [0.25, 0.3) is 0 Å². The molecule has 0 aliphatic rings. The minimum atomic E-state index is 0.979. The molecule has 0 aliphatic heterocycles. The third kappa shape index (κ3) is 3.84. The van der Waals surface area contributed by atoms with Gasteiger partial charge in [0.1, 0.15) is 0 Å². The van der Waals surface area contributed by atoms with E-state index >= 15 is 0 Å². The van der Waals surface area contributed by atoms with Crippen LogP contribution in [0.2, 0.25) is 0 Å². The van der Waals surface area contributed by atoms with Gasteiger partial charge in [-0.05, 0) is 74.1 Å².